The third-order valence-corrected chi connectivity index (χ3v) is 7.81. The summed E-state index contributed by atoms with van der Waals surface area (Å²) in [6.07, 6.45) is 3.59. The lowest BCUT2D eigenvalue weighted by atomic mass is 10.0. The van der Waals surface area contributed by atoms with Gasteiger partial charge in [0.1, 0.15) is 18.1 Å². The first-order chi connectivity index (χ1) is 21.6. The van der Waals surface area contributed by atoms with Crippen LogP contribution in [-0.4, -0.2) is 80.7 Å². The highest BCUT2D eigenvalue weighted by atomic mass is 16.4. The van der Waals surface area contributed by atoms with Gasteiger partial charge in [-0.05, 0) is 62.4 Å². The Morgan fingerprint density at radius 1 is 0.778 bits per heavy atom. The van der Waals surface area contributed by atoms with Crippen molar-refractivity contribution in [2.24, 2.45) is 11.5 Å². The fourth-order valence-corrected chi connectivity index (χ4v) is 5.31. The van der Waals surface area contributed by atoms with Gasteiger partial charge in [-0.25, -0.2) is 4.79 Å². The van der Waals surface area contributed by atoms with Crippen LogP contribution in [0.2, 0.25) is 0 Å². The average Bonchev–Trinajstić information content (AvgIpc) is 3.62. The lowest BCUT2D eigenvalue weighted by molar-refractivity contribution is -0.143. The molecule has 4 aromatic rings. The van der Waals surface area contributed by atoms with Crippen molar-refractivity contribution < 1.29 is 29.4 Å². The van der Waals surface area contributed by atoms with Gasteiger partial charge < -0.3 is 47.6 Å². The molecule has 5 atom stereocenters. The number of H-pyrrole nitrogens is 2. The number of fused-ring (bicyclic) bond motifs is 2. The number of carboxylic acid groups (broad SMARTS) is 1. The van der Waals surface area contributed by atoms with E-state index in [4.69, 9.17) is 11.5 Å². The number of unbranched alkanes of at least 4 members (excludes halogenated alkanes) is 1. The number of aliphatic carboxylic acids is 1. The Morgan fingerprint density at radius 3 is 1.89 bits per heavy atom. The van der Waals surface area contributed by atoms with Crippen molar-refractivity contribution in [3.8, 4) is 0 Å². The Labute approximate surface area is 260 Å². The fourth-order valence-electron chi connectivity index (χ4n) is 5.31. The second-order valence-corrected chi connectivity index (χ2v) is 11.2. The number of amides is 3. The molecule has 0 radical (unpaired) electrons. The van der Waals surface area contributed by atoms with Crippen molar-refractivity contribution >= 4 is 45.5 Å². The zero-order valence-electron chi connectivity index (χ0n) is 25.1. The molecule has 13 heteroatoms. The molecule has 2 aromatic carbocycles. The maximum Gasteiger partial charge on any atom is 0.326 e. The topological polar surface area (TPSA) is 228 Å². The number of para-hydroxylation sites is 2. The molecule has 45 heavy (non-hydrogen) atoms. The van der Waals surface area contributed by atoms with Crippen molar-refractivity contribution in [3.05, 3.63) is 72.1 Å². The summed E-state index contributed by atoms with van der Waals surface area (Å²) >= 11 is 0. The summed E-state index contributed by atoms with van der Waals surface area (Å²) in [6, 6.07) is 10.1. The van der Waals surface area contributed by atoms with Gasteiger partial charge in [0.2, 0.25) is 17.7 Å². The van der Waals surface area contributed by atoms with Gasteiger partial charge in [0.25, 0.3) is 0 Å². The Balaban J connectivity index is 1.43. The van der Waals surface area contributed by atoms with E-state index in [0.29, 0.717) is 24.9 Å². The molecule has 5 unspecified atom stereocenters. The number of hydrogen-bond donors (Lipinski definition) is 9. The molecule has 0 bridgehead atoms. The number of aliphatic hydroxyl groups excluding tert-OH is 1. The zero-order chi connectivity index (χ0) is 32.5. The third-order valence-electron chi connectivity index (χ3n) is 7.81. The van der Waals surface area contributed by atoms with Crippen LogP contribution < -0.4 is 27.4 Å². The molecular weight excluding hydrogens is 578 g/mol. The lowest BCUT2D eigenvalue weighted by Gasteiger charge is -2.26. The Morgan fingerprint density at radius 2 is 1.33 bits per heavy atom. The molecule has 4 rings (SSSR count). The number of benzene rings is 2. The van der Waals surface area contributed by atoms with E-state index in [9.17, 15) is 29.4 Å². The van der Waals surface area contributed by atoms with E-state index in [-0.39, 0.29) is 19.3 Å². The fraction of sp³-hybridized carbons (Fsp3) is 0.375. The molecule has 2 aromatic heterocycles. The summed E-state index contributed by atoms with van der Waals surface area (Å²) in [5.74, 6) is -3.44. The van der Waals surface area contributed by atoms with E-state index < -0.39 is 54.0 Å². The van der Waals surface area contributed by atoms with Crippen molar-refractivity contribution in [1.29, 1.82) is 0 Å². The molecular formula is C32H41N7O6. The van der Waals surface area contributed by atoms with E-state index in [1.807, 2.05) is 48.5 Å². The number of aromatic nitrogens is 2. The van der Waals surface area contributed by atoms with Gasteiger partial charge in [-0.15, -0.1) is 0 Å². The van der Waals surface area contributed by atoms with Gasteiger partial charge in [-0.1, -0.05) is 36.4 Å². The average molecular weight is 620 g/mol. The van der Waals surface area contributed by atoms with Gasteiger partial charge in [0.15, 0.2) is 0 Å². The molecule has 13 nitrogen and oxygen atoms in total. The summed E-state index contributed by atoms with van der Waals surface area (Å²) in [6.45, 7) is 1.69. The van der Waals surface area contributed by atoms with Crippen LogP contribution in [-0.2, 0) is 32.0 Å². The van der Waals surface area contributed by atoms with Gasteiger partial charge in [0, 0.05) is 40.6 Å². The van der Waals surface area contributed by atoms with Gasteiger partial charge in [-0.3, -0.25) is 14.4 Å². The highest BCUT2D eigenvalue weighted by molar-refractivity contribution is 5.95. The second kappa shape index (κ2) is 15.3. The van der Waals surface area contributed by atoms with Crippen LogP contribution >= 0.6 is 0 Å². The monoisotopic (exact) mass is 619 g/mol. The summed E-state index contributed by atoms with van der Waals surface area (Å²) in [5.41, 5.74) is 15.1. The van der Waals surface area contributed by atoms with Crippen LogP contribution in [0.15, 0.2) is 60.9 Å². The number of nitrogens with two attached hydrogens (primary N) is 2. The number of aliphatic hydroxyl groups is 1. The van der Waals surface area contributed by atoms with Gasteiger partial charge in [-0.2, -0.15) is 0 Å². The minimum Gasteiger partial charge on any atom is -0.480 e. The SMILES string of the molecule is CC(O)C(NC(=O)C(CCCCN)NC(=O)C(N)Cc1c[nH]c2ccccc12)C(=O)NC(Cc1c[nH]c2ccccc12)C(=O)O. The summed E-state index contributed by atoms with van der Waals surface area (Å²) in [7, 11) is 0. The highest BCUT2D eigenvalue weighted by Crippen LogP contribution is 2.20. The maximum atomic E-state index is 13.4. The smallest absolute Gasteiger partial charge is 0.326 e. The molecule has 0 fully saturated rings. The standard InChI is InChI=1S/C32H41N7O6/c1-18(40)28(31(43)38-27(32(44)45)15-20-17-36-25-11-5-3-9-22(20)25)39-30(42)26(12-6-7-13-33)37-29(41)23(34)14-19-16-35-24-10-4-2-8-21(19)24/h2-5,8-11,16-18,23,26-28,35-36,40H,6-7,12-15,33-34H2,1H3,(H,37,41)(H,38,43)(H,39,42)(H,44,45). The Hall–Kier alpha value is -4.72. The molecule has 0 aliphatic carbocycles. The third kappa shape index (κ3) is 8.47. The number of hydrogen-bond acceptors (Lipinski definition) is 7. The Bertz CT molecular complexity index is 1630. The van der Waals surface area contributed by atoms with Gasteiger partial charge >= 0.3 is 5.97 Å². The lowest BCUT2D eigenvalue weighted by Crippen LogP contribution is -2.60. The maximum absolute atomic E-state index is 13.4. The summed E-state index contributed by atoms with van der Waals surface area (Å²) in [5, 5.41) is 29.7. The van der Waals surface area contributed by atoms with E-state index >= 15 is 0 Å². The number of carboxylic acids is 1. The molecule has 240 valence electrons. The number of rotatable bonds is 16. The highest BCUT2D eigenvalue weighted by Gasteiger charge is 2.33. The normalized spacial score (nSPS) is 14.8. The van der Waals surface area contributed by atoms with E-state index in [1.54, 1.807) is 12.4 Å². The van der Waals surface area contributed by atoms with Crippen molar-refractivity contribution in [3.63, 3.8) is 0 Å². The Kier molecular flexibility index (Phi) is 11.3. The number of aromatic amines is 2. The first-order valence-electron chi connectivity index (χ1n) is 15.0. The minimum absolute atomic E-state index is 0.0301. The minimum atomic E-state index is -1.49. The van der Waals surface area contributed by atoms with Crippen LogP contribution in [0.3, 0.4) is 0 Å². The summed E-state index contributed by atoms with van der Waals surface area (Å²) < 4.78 is 0. The molecule has 11 N–H and O–H groups in total. The predicted molar refractivity (Wildman–Crippen MR) is 170 cm³/mol. The van der Waals surface area contributed by atoms with E-state index in [1.165, 1.54) is 6.92 Å². The zero-order valence-corrected chi connectivity index (χ0v) is 25.1. The number of nitrogens with one attached hydrogen (secondary N) is 5. The van der Waals surface area contributed by atoms with Crippen LogP contribution in [0.4, 0.5) is 0 Å². The molecule has 3 amide bonds. The molecule has 0 aliphatic rings. The van der Waals surface area contributed by atoms with Crippen LogP contribution in [0.1, 0.15) is 37.3 Å². The van der Waals surface area contributed by atoms with Crippen molar-refractivity contribution in [1.82, 2.24) is 25.9 Å². The predicted octanol–water partition coefficient (Wildman–Crippen LogP) is 0.811. The van der Waals surface area contributed by atoms with E-state index in [0.717, 1.165) is 27.4 Å². The van der Waals surface area contributed by atoms with Crippen molar-refractivity contribution in [2.45, 2.75) is 69.3 Å². The number of carbonyl (C=O) groups is 4. The summed E-state index contributed by atoms with van der Waals surface area (Å²) in [4.78, 5) is 58.1. The molecule has 0 saturated carbocycles. The molecule has 0 aliphatic heterocycles. The quantitative estimate of drug-likeness (QED) is 0.0813. The van der Waals surface area contributed by atoms with E-state index in [2.05, 4.69) is 25.9 Å². The van der Waals surface area contributed by atoms with Crippen molar-refractivity contribution in [2.75, 3.05) is 6.54 Å². The molecule has 0 saturated heterocycles. The van der Waals surface area contributed by atoms with Crippen LogP contribution in [0.5, 0.6) is 0 Å². The largest absolute Gasteiger partial charge is 0.480 e. The van der Waals surface area contributed by atoms with Gasteiger partial charge in [0.05, 0.1) is 12.1 Å². The van der Waals surface area contributed by atoms with Crippen LogP contribution in [0.25, 0.3) is 21.8 Å². The first kappa shape index (κ1) is 33.2. The van der Waals surface area contributed by atoms with Crippen LogP contribution in [0, 0.1) is 0 Å². The first-order valence-corrected chi connectivity index (χ1v) is 15.0. The molecule has 2 heterocycles. The second-order valence-electron chi connectivity index (χ2n) is 11.2. The molecule has 0 spiro atoms. The number of carbonyl (C=O) groups excluding carboxylic acids is 3.